The van der Waals surface area contributed by atoms with Crippen molar-refractivity contribution in [2.75, 3.05) is 11.4 Å². The van der Waals surface area contributed by atoms with Crippen LogP contribution < -0.4 is 15.8 Å². The first-order valence-corrected chi connectivity index (χ1v) is 14.6. The van der Waals surface area contributed by atoms with E-state index in [0.29, 0.717) is 34.6 Å². The van der Waals surface area contributed by atoms with Gasteiger partial charge in [0.05, 0.1) is 5.56 Å². The standard InChI is InChI=1S/C33H41F3N4O2/c1-7-39(27-14-22(4)40(23(5)15-27)19-25-11-9-8-10-12-25)30-17-26(33(34,35)36)16-28(24(30)6)31(41)37-18-29-20(2)13-21(3)38-32(29)42/h8-13,16-17,22-23,27H,7,14-15,18-19H2,1-6H3,(H,37,41)(H,38,42)/t22-,23-/m1/s1. The molecule has 9 heteroatoms. The van der Waals surface area contributed by atoms with Crippen LogP contribution in [0.2, 0.25) is 0 Å². The van der Waals surface area contributed by atoms with E-state index in [1.807, 2.05) is 30.0 Å². The number of hydrogen-bond acceptors (Lipinski definition) is 4. The number of rotatable bonds is 8. The Morgan fingerprint density at radius 2 is 1.69 bits per heavy atom. The van der Waals surface area contributed by atoms with Crippen LogP contribution in [0.3, 0.4) is 0 Å². The van der Waals surface area contributed by atoms with Gasteiger partial charge in [0, 0.05) is 60.3 Å². The molecule has 2 heterocycles. The van der Waals surface area contributed by atoms with Crippen LogP contribution in [0.25, 0.3) is 0 Å². The van der Waals surface area contributed by atoms with Gasteiger partial charge in [-0.15, -0.1) is 0 Å². The maximum absolute atomic E-state index is 14.1. The molecule has 1 aliphatic heterocycles. The number of carbonyl (C=O) groups excluding carboxylic acids is 1. The largest absolute Gasteiger partial charge is 0.416 e. The SMILES string of the molecule is CCN(c1cc(C(F)(F)F)cc(C(=O)NCc2c(C)cc(C)[nH]c2=O)c1C)C1C[C@@H](C)N(Cc2ccccc2)[C@H](C)C1. The van der Waals surface area contributed by atoms with Gasteiger partial charge in [0.15, 0.2) is 0 Å². The second-order valence-electron chi connectivity index (χ2n) is 11.6. The quantitative estimate of drug-likeness (QED) is 0.318. The third kappa shape index (κ3) is 6.89. The predicted molar refractivity (Wildman–Crippen MR) is 161 cm³/mol. The Kier molecular flexibility index (Phi) is 9.50. The molecule has 3 aromatic rings. The predicted octanol–water partition coefficient (Wildman–Crippen LogP) is 6.52. The van der Waals surface area contributed by atoms with Gasteiger partial charge < -0.3 is 15.2 Å². The molecule has 0 bridgehead atoms. The van der Waals surface area contributed by atoms with Crippen molar-refractivity contribution in [3.05, 3.63) is 98.0 Å². The van der Waals surface area contributed by atoms with Crippen molar-refractivity contribution in [1.82, 2.24) is 15.2 Å². The zero-order valence-corrected chi connectivity index (χ0v) is 25.2. The summed E-state index contributed by atoms with van der Waals surface area (Å²) in [5, 5.41) is 2.69. The lowest BCUT2D eigenvalue weighted by Crippen LogP contribution is -2.53. The number of benzene rings is 2. The number of amides is 1. The number of pyridine rings is 1. The van der Waals surface area contributed by atoms with E-state index in [2.05, 4.69) is 41.2 Å². The number of anilines is 1. The van der Waals surface area contributed by atoms with Crippen molar-refractivity contribution in [3.8, 4) is 0 Å². The highest BCUT2D eigenvalue weighted by molar-refractivity contribution is 5.97. The van der Waals surface area contributed by atoms with Gasteiger partial charge in [-0.25, -0.2) is 0 Å². The molecule has 2 atom stereocenters. The number of nitrogens with one attached hydrogen (secondary N) is 2. The van der Waals surface area contributed by atoms with Crippen molar-refractivity contribution < 1.29 is 18.0 Å². The Morgan fingerprint density at radius 3 is 2.26 bits per heavy atom. The van der Waals surface area contributed by atoms with Crippen molar-refractivity contribution in [2.45, 2.75) is 91.8 Å². The van der Waals surface area contributed by atoms with Crippen LogP contribution in [-0.2, 0) is 19.3 Å². The van der Waals surface area contributed by atoms with Crippen LogP contribution in [-0.4, -0.2) is 40.5 Å². The zero-order chi connectivity index (χ0) is 30.8. The molecule has 1 aromatic heterocycles. The van der Waals surface area contributed by atoms with Crippen LogP contribution in [0.1, 0.15) is 77.5 Å². The minimum absolute atomic E-state index is 0.0129. The molecule has 0 aliphatic carbocycles. The number of aryl methyl sites for hydroxylation is 2. The Bertz CT molecular complexity index is 1460. The normalized spacial score (nSPS) is 19.5. The fourth-order valence-corrected chi connectivity index (χ4v) is 6.34. The van der Waals surface area contributed by atoms with Crippen LogP contribution in [0.5, 0.6) is 0 Å². The molecule has 1 amide bonds. The molecule has 0 spiro atoms. The lowest BCUT2D eigenvalue weighted by atomic mass is 9.89. The number of nitrogens with zero attached hydrogens (tertiary/aromatic N) is 2. The van der Waals surface area contributed by atoms with E-state index in [9.17, 15) is 22.8 Å². The van der Waals surface area contributed by atoms with Crippen molar-refractivity contribution >= 4 is 11.6 Å². The molecule has 0 saturated carbocycles. The number of hydrogen-bond donors (Lipinski definition) is 2. The summed E-state index contributed by atoms with van der Waals surface area (Å²) in [6.45, 7) is 12.8. The fourth-order valence-electron chi connectivity index (χ4n) is 6.34. The second kappa shape index (κ2) is 12.7. The summed E-state index contributed by atoms with van der Waals surface area (Å²) in [7, 11) is 0. The van der Waals surface area contributed by atoms with Crippen molar-refractivity contribution in [3.63, 3.8) is 0 Å². The van der Waals surface area contributed by atoms with Gasteiger partial charge in [-0.05, 0) is 89.3 Å². The molecule has 42 heavy (non-hydrogen) atoms. The molecule has 1 saturated heterocycles. The number of aromatic nitrogens is 1. The van der Waals surface area contributed by atoms with E-state index in [-0.39, 0.29) is 35.8 Å². The number of alkyl halides is 3. The molecule has 0 radical (unpaired) electrons. The Labute approximate surface area is 245 Å². The van der Waals surface area contributed by atoms with Crippen LogP contribution in [0.15, 0.2) is 53.3 Å². The van der Waals surface area contributed by atoms with Gasteiger partial charge in [0.1, 0.15) is 0 Å². The number of piperidine rings is 1. The first kappa shape index (κ1) is 31.3. The van der Waals surface area contributed by atoms with Gasteiger partial charge in [-0.2, -0.15) is 13.2 Å². The Hall–Kier alpha value is -3.59. The average Bonchev–Trinajstić information content (AvgIpc) is 2.91. The smallest absolute Gasteiger partial charge is 0.368 e. The molecule has 0 unspecified atom stereocenters. The number of aromatic amines is 1. The van der Waals surface area contributed by atoms with E-state index in [1.54, 1.807) is 26.8 Å². The van der Waals surface area contributed by atoms with Gasteiger partial charge in [0.2, 0.25) is 0 Å². The second-order valence-corrected chi connectivity index (χ2v) is 11.6. The van der Waals surface area contributed by atoms with E-state index in [0.717, 1.165) is 25.5 Å². The fraction of sp³-hybridized carbons (Fsp3) is 0.455. The maximum atomic E-state index is 14.1. The first-order chi connectivity index (χ1) is 19.8. The number of likely N-dealkylation sites (tertiary alicyclic amines) is 1. The molecule has 226 valence electrons. The van der Waals surface area contributed by atoms with Gasteiger partial charge >= 0.3 is 6.18 Å². The maximum Gasteiger partial charge on any atom is 0.416 e. The number of halogens is 3. The zero-order valence-electron chi connectivity index (χ0n) is 25.2. The summed E-state index contributed by atoms with van der Waals surface area (Å²) in [4.78, 5) is 33.0. The van der Waals surface area contributed by atoms with Crippen molar-refractivity contribution in [1.29, 1.82) is 0 Å². The summed E-state index contributed by atoms with van der Waals surface area (Å²) in [6.07, 6.45) is -3.05. The molecule has 2 aromatic carbocycles. The van der Waals surface area contributed by atoms with Gasteiger partial charge in [-0.3, -0.25) is 14.5 Å². The molecule has 1 aliphatic rings. The number of carbonyl (C=O) groups is 1. The van der Waals surface area contributed by atoms with Crippen LogP contribution >= 0.6 is 0 Å². The van der Waals surface area contributed by atoms with Crippen molar-refractivity contribution in [2.24, 2.45) is 0 Å². The summed E-state index contributed by atoms with van der Waals surface area (Å²) in [5.74, 6) is -0.644. The summed E-state index contributed by atoms with van der Waals surface area (Å²) in [6, 6.07) is 14.6. The van der Waals surface area contributed by atoms with E-state index in [1.165, 1.54) is 11.6 Å². The summed E-state index contributed by atoms with van der Waals surface area (Å²) in [5.41, 5.74) is 2.69. The average molecular weight is 583 g/mol. The third-order valence-electron chi connectivity index (χ3n) is 8.53. The monoisotopic (exact) mass is 582 g/mol. The molecule has 2 N–H and O–H groups in total. The lowest BCUT2D eigenvalue weighted by molar-refractivity contribution is -0.137. The van der Waals surface area contributed by atoms with E-state index >= 15 is 0 Å². The first-order valence-electron chi connectivity index (χ1n) is 14.6. The molecule has 4 rings (SSSR count). The van der Waals surface area contributed by atoms with Gasteiger partial charge in [-0.1, -0.05) is 30.3 Å². The highest BCUT2D eigenvalue weighted by Crippen LogP contribution is 2.38. The molecular formula is C33H41F3N4O2. The van der Waals surface area contributed by atoms with E-state index < -0.39 is 17.6 Å². The topological polar surface area (TPSA) is 68.4 Å². The molecular weight excluding hydrogens is 541 g/mol. The highest BCUT2D eigenvalue weighted by Gasteiger charge is 2.37. The molecule has 6 nitrogen and oxygen atoms in total. The number of H-pyrrole nitrogens is 1. The highest BCUT2D eigenvalue weighted by atomic mass is 19.4. The summed E-state index contributed by atoms with van der Waals surface area (Å²) >= 11 is 0. The Balaban J connectivity index is 1.62. The van der Waals surface area contributed by atoms with Crippen LogP contribution in [0.4, 0.5) is 18.9 Å². The third-order valence-corrected chi connectivity index (χ3v) is 8.53. The van der Waals surface area contributed by atoms with Gasteiger partial charge in [0.25, 0.3) is 11.5 Å². The summed E-state index contributed by atoms with van der Waals surface area (Å²) < 4.78 is 42.4. The minimum Gasteiger partial charge on any atom is -0.368 e. The molecule has 1 fully saturated rings. The lowest BCUT2D eigenvalue weighted by Gasteiger charge is -2.47. The van der Waals surface area contributed by atoms with E-state index in [4.69, 9.17) is 0 Å². The Morgan fingerprint density at radius 1 is 1.05 bits per heavy atom. The minimum atomic E-state index is -4.62. The van der Waals surface area contributed by atoms with Crippen LogP contribution in [0, 0.1) is 20.8 Å².